The molecule has 0 atom stereocenters. The average Bonchev–Trinajstić information content (AvgIpc) is 2.16. The van der Waals surface area contributed by atoms with E-state index in [0.29, 0.717) is 12.0 Å². The summed E-state index contributed by atoms with van der Waals surface area (Å²) in [6.45, 7) is 0. The number of hydrogen-bond acceptors (Lipinski definition) is 2. The van der Waals surface area contributed by atoms with Gasteiger partial charge in [-0.3, -0.25) is 9.59 Å². The molecule has 0 amide bonds. The quantitative estimate of drug-likeness (QED) is 0.597. The molecule has 0 unspecified atom stereocenters. The lowest BCUT2D eigenvalue weighted by Gasteiger charge is -2.14. The first-order chi connectivity index (χ1) is 6.29. The largest absolute Gasteiger partial charge is 0.290 e. The van der Waals surface area contributed by atoms with Crippen LogP contribution in [-0.4, -0.2) is 12.1 Å². The Kier molecular flexibility index (Phi) is 1.81. The molecule has 1 radical (unpaired) electrons. The number of rotatable bonds is 1. The highest BCUT2D eigenvalue weighted by atomic mass is 16.1. The van der Waals surface area contributed by atoms with Gasteiger partial charge < -0.3 is 0 Å². The maximum atomic E-state index is 11.0. The molecule has 0 aromatic heterocycles. The van der Waals surface area contributed by atoms with E-state index in [0.717, 1.165) is 11.1 Å². The molecule has 0 aromatic rings. The minimum Gasteiger partial charge on any atom is -0.290 e. The zero-order valence-corrected chi connectivity index (χ0v) is 6.91. The molecule has 0 N–H and O–H groups in total. The maximum Gasteiger partial charge on any atom is 0.229 e. The Morgan fingerprint density at radius 2 is 2.08 bits per heavy atom. The summed E-state index contributed by atoms with van der Waals surface area (Å²) in [6, 6.07) is 0. The van der Waals surface area contributed by atoms with Gasteiger partial charge in [-0.2, -0.15) is 0 Å². The third kappa shape index (κ3) is 1.43. The van der Waals surface area contributed by atoms with E-state index < -0.39 is 0 Å². The van der Waals surface area contributed by atoms with E-state index in [9.17, 15) is 9.59 Å². The molecule has 63 valence electrons. The van der Waals surface area contributed by atoms with Crippen molar-refractivity contribution in [2.24, 2.45) is 0 Å². The molecule has 0 aromatic carbocycles. The topological polar surface area (TPSA) is 34.1 Å². The highest BCUT2D eigenvalue weighted by Crippen LogP contribution is 2.26. The van der Waals surface area contributed by atoms with Crippen LogP contribution in [0.1, 0.15) is 6.42 Å². The van der Waals surface area contributed by atoms with Gasteiger partial charge in [-0.15, -0.1) is 0 Å². The van der Waals surface area contributed by atoms with Crippen molar-refractivity contribution in [2.45, 2.75) is 6.42 Å². The lowest BCUT2D eigenvalue weighted by atomic mass is 9.89. The van der Waals surface area contributed by atoms with Gasteiger partial charge in [-0.25, -0.2) is 0 Å². The fraction of sp³-hybridized carbons (Fsp3) is 0.0909. The van der Waals surface area contributed by atoms with Crippen LogP contribution in [0.4, 0.5) is 0 Å². The van der Waals surface area contributed by atoms with Crippen LogP contribution in [0.5, 0.6) is 0 Å². The second kappa shape index (κ2) is 2.98. The SMILES string of the molecule is O=[C]C1=CC=C2C=CC(=O)C=C2C1. The van der Waals surface area contributed by atoms with Crippen LogP contribution in [0.3, 0.4) is 0 Å². The van der Waals surface area contributed by atoms with E-state index >= 15 is 0 Å². The lowest BCUT2D eigenvalue weighted by molar-refractivity contribution is -0.110. The van der Waals surface area contributed by atoms with Crippen molar-refractivity contribution < 1.29 is 9.59 Å². The van der Waals surface area contributed by atoms with Crippen molar-refractivity contribution in [2.75, 3.05) is 0 Å². The normalized spacial score (nSPS) is 20.0. The van der Waals surface area contributed by atoms with Crippen molar-refractivity contribution in [3.63, 3.8) is 0 Å². The van der Waals surface area contributed by atoms with Crippen LogP contribution in [0.25, 0.3) is 0 Å². The van der Waals surface area contributed by atoms with E-state index in [1.54, 1.807) is 18.2 Å². The van der Waals surface area contributed by atoms with Gasteiger partial charge in [0.15, 0.2) is 5.78 Å². The van der Waals surface area contributed by atoms with Crippen LogP contribution in [0, 0.1) is 0 Å². The summed E-state index contributed by atoms with van der Waals surface area (Å²) >= 11 is 0. The molecule has 0 saturated heterocycles. The van der Waals surface area contributed by atoms with Gasteiger partial charge in [0.25, 0.3) is 0 Å². The van der Waals surface area contributed by atoms with Gasteiger partial charge in [-0.05, 0) is 23.3 Å². The monoisotopic (exact) mass is 171 g/mol. The summed E-state index contributed by atoms with van der Waals surface area (Å²) in [7, 11) is 0. The van der Waals surface area contributed by atoms with Crippen LogP contribution in [0.15, 0.2) is 47.1 Å². The van der Waals surface area contributed by atoms with Crippen LogP contribution >= 0.6 is 0 Å². The van der Waals surface area contributed by atoms with Crippen molar-refractivity contribution in [3.05, 3.63) is 47.1 Å². The standard InChI is InChI=1S/C11H7O2/c12-7-8-1-2-9-3-4-11(13)6-10(9)5-8/h1-4,6H,5H2. The number of ketones is 1. The van der Waals surface area contributed by atoms with Gasteiger partial charge in [0.2, 0.25) is 6.29 Å². The third-order valence-corrected chi connectivity index (χ3v) is 2.09. The Morgan fingerprint density at radius 3 is 2.85 bits per heavy atom. The molecule has 2 rings (SSSR count). The average molecular weight is 171 g/mol. The molecule has 2 aliphatic carbocycles. The molecule has 2 heteroatoms. The molecular weight excluding hydrogens is 164 g/mol. The fourth-order valence-corrected chi connectivity index (χ4v) is 1.42. The predicted octanol–water partition coefficient (Wildman–Crippen LogP) is 1.42. The van der Waals surface area contributed by atoms with E-state index in [1.807, 2.05) is 12.4 Å². The highest BCUT2D eigenvalue weighted by molar-refractivity contribution is 6.02. The molecule has 0 heterocycles. The van der Waals surface area contributed by atoms with Crippen LogP contribution in [-0.2, 0) is 9.59 Å². The fourth-order valence-electron chi connectivity index (χ4n) is 1.42. The first-order valence-corrected chi connectivity index (χ1v) is 4.01. The summed E-state index contributed by atoms with van der Waals surface area (Å²) in [5.41, 5.74) is 2.52. The number of carbonyl (C=O) groups is 1. The Morgan fingerprint density at radius 1 is 1.23 bits per heavy atom. The summed E-state index contributed by atoms with van der Waals surface area (Å²) in [5.74, 6) is -0.0145. The Labute approximate surface area is 75.9 Å². The van der Waals surface area contributed by atoms with Crippen molar-refractivity contribution in [3.8, 4) is 0 Å². The minimum absolute atomic E-state index is 0.0145. The van der Waals surface area contributed by atoms with E-state index in [4.69, 9.17) is 0 Å². The molecule has 0 spiro atoms. The zero-order valence-electron chi connectivity index (χ0n) is 6.91. The first kappa shape index (κ1) is 7.92. The first-order valence-electron chi connectivity index (χ1n) is 4.01. The second-order valence-electron chi connectivity index (χ2n) is 3.00. The van der Waals surface area contributed by atoms with E-state index in [2.05, 4.69) is 0 Å². The third-order valence-electron chi connectivity index (χ3n) is 2.09. The molecule has 2 nitrogen and oxygen atoms in total. The molecule has 0 fully saturated rings. The maximum absolute atomic E-state index is 11.0. The van der Waals surface area contributed by atoms with Crippen LogP contribution < -0.4 is 0 Å². The van der Waals surface area contributed by atoms with Gasteiger partial charge in [0, 0.05) is 12.0 Å². The molecule has 0 bridgehead atoms. The van der Waals surface area contributed by atoms with Gasteiger partial charge in [0.05, 0.1) is 0 Å². The summed E-state index contributed by atoms with van der Waals surface area (Å²) < 4.78 is 0. The molecule has 2 aliphatic rings. The van der Waals surface area contributed by atoms with Crippen molar-refractivity contribution >= 4 is 12.1 Å². The summed E-state index contributed by atoms with van der Waals surface area (Å²) in [6.07, 6.45) is 10.8. The molecule has 0 saturated carbocycles. The van der Waals surface area contributed by atoms with Gasteiger partial charge >= 0.3 is 0 Å². The number of fused-ring (bicyclic) bond motifs is 1. The Hall–Kier alpha value is -1.70. The smallest absolute Gasteiger partial charge is 0.229 e. The number of allylic oxidation sites excluding steroid dienone is 8. The number of carbonyl (C=O) groups excluding carboxylic acids is 2. The highest BCUT2D eigenvalue weighted by Gasteiger charge is 2.14. The molecular formula is C11H7O2. The Balaban J connectivity index is 2.40. The number of hydrogen-bond donors (Lipinski definition) is 0. The van der Waals surface area contributed by atoms with E-state index in [1.165, 1.54) is 6.08 Å². The second-order valence-corrected chi connectivity index (χ2v) is 3.00. The Bertz CT molecular complexity index is 392. The zero-order chi connectivity index (χ0) is 9.26. The lowest BCUT2D eigenvalue weighted by Crippen LogP contribution is -2.04. The van der Waals surface area contributed by atoms with E-state index in [-0.39, 0.29) is 5.78 Å². The van der Waals surface area contributed by atoms with Crippen LogP contribution in [0.2, 0.25) is 0 Å². The summed E-state index contributed by atoms with van der Waals surface area (Å²) in [4.78, 5) is 21.4. The molecule has 0 aliphatic heterocycles. The van der Waals surface area contributed by atoms with Gasteiger partial charge in [-0.1, -0.05) is 18.2 Å². The van der Waals surface area contributed by atoms with Gasteiger partial charge in [0.1, 0.15) is 0 Å². The summed E-state index contributed by atoms with van der Waals surface area (Å²) in [5, 5.41) is 0. The van der Waals surface area contributed by atoms with Crippen molar-refractivity contribution in [1.82, 2.24) is 0 Å². The van der Waals surface area contributed by atoms with Crippen molar-refractivity contribution in [1.29, 1.82) is 0 Å². The predicted molar refractivity (Wildman–Crippen MR) is 48.7 cm³/mol. The molecule has 13 heavy (non-hydrogen) atoms. The minimum atomic E-state index is -0.0145.